The number of rotatable bonds is 12. The molecule has 1 aliphatic carbocycles. The van der Waals surface area contributed by atoms with Crippen LogP contribution < -0.4 is 20.1 Å². The summed E-state index contributed by atoms with van der Waals surface area (Å²) in [7, 11) is 3.06. The zero-order valence-corrected chi connectivity index (χ0v) is 21.5. The number of amides is 2. The second kappa shape index (κ2) is 12.0. The minimum absolute atomic E-state index is 0.153. The number of benzene rings is 2. The lowest BCUT2D eigenvalue weighted by molar-refractivity contribution is -0.128. The Bertz CT molecular complexity index is 1260. The molecule has 2 aliphatic rings. The van der Waals surface area contributed by atoms with Gasteiger partial charge in [0.25, 0.3) is 12.4 Å². The Balaban J connectivity index is 1.56. The SMILES string of the molecule is COCCNC(=O)c1cc2c(cc1OC)OCCC21CC1C(=O)Nc1cc(C#N)ccc1CCCOC=O. The Morgan fingerprint density at radius 2 is 2.08 bits per heavy atom. The number of hydrogen-bond acceptors (Lipinski definition) is 8. The first-order valence-corrected chi connectivity index (χ1v) is 12.5. The number of carbonyl (C=O) groups is 3. The van der Waals surface area contributed by atoms with E-state index in [0.29, 0.717) is 80.2 Å². The molecule has 10 nitrogen and oxygen atoms in total. The van der Waals surface area contributed by atoms with Gasteiger partial charge in [0.05, 0.1) is 44.1 Å². The Hall–Kier alpha value is -4.10. The first-order chi connectivity index (χ1) is 18.5. The highest BCUT2D eigenvalue weighted by Gasteiger charge is 2.61. The summed E-state index contributed by atoms with van der Waals surface area (Å²) >= 11 is 0. The minimum atomic E-state index is -0.448. The number of methoxy groups -OCH3 is 2. The van der Waals surface area contributed by atoms with Crippen molar-refractivity contribution in [2.24, 2.45) is 5.92 Å². The summed E-state index contributed by atoms with van der Waals surface area (Å²) in [5.74, 6) is 0.244. The number of fused-ring (bicyclic) bond motifs is 2. The molecule has 0 bridgehead atoms. The van der Waals surface area contributed by atoms with Gasteiger partial charge in [0.2, 0.25) is 5.91 Å². The summed E-state index contributed by atoms with van der Waals surface area (Å²) in [5.41, 5.74) is 2.61. The highest BCUT2D eigenvalue weighted by atomic mass is 16.5. The number of nitriles is 1. The number of ether oxygens (including phenoxy) is 4. The van der Waals surface area contributed by atoms with Crippen LogP contribution in [0.4, 0.5) is 5.69 Å². The molecular weight excluding hydrogens is 490 g/mol. The van der Waals surface area contributed by atoms with Gasteiger partial charge >= 0.3 is 0 Å². The molecule has 4 rings (SSSR count). The topological polar surface area (TPSA) is 136 Å². The van der Waals surface area contributed by atoms with Crippen LogP contribution in [0.2, 0.25) is 0 Å². The van der Waals surface area contributed by atoms with E-state index in [4.69, 9.17) is 18.9 Å². The second-order valence-corrected chi connectivity index (χ2v) is 9.35. The summed E-state index contributed by atoms with van der Waals surface area (Å²) in [6.07, 6.45) is 2.42. The number of nitrogens with zero attached hydrogens (tertiary/aromatic N) is 1. The molecule has 200 valence electrons. The van der Waals surface area contributed by atoms with Gasteiger partial charge in [-0.3, -0.25) is 14.4 Å². The van der Waals surface area contributed by atoms with E-state index < -0.39 is 5.41 Å². The molecule has 2 N–H and O–H groups in total. The standard InChI is InChI=1S/C28H31N3O7/c1-35-11-8-30-26(33)20-13-21-25(14-24(20)36-2)38-10-7-28(21)15-22(28)27(34)31-23-12-18(16-29)5-6-19(23)4-3-9-37-17-32/h5-6,12-14,17,22H,3-4,7-11,15H2,1-2H3,(H,30,33)(H,31,34). The van der Waals surface area contributed by atoms with Crippen molar-refractivity contribution in [3.05, 3.63) is 52.6 Å². The van der Waals surface area contributed by atoms with Crippen LogP contribution in [-0.4, -0.2) is 58.9 Å². The van der Waals surface area contributed by atoms with Crippen LogP contribution in [0.1, 0.15) is 46.3 Å². The van der Waals surface area contributed by atoms with E-state index in [-0.39, 0.29) is 24.3 Å². The Kier molecular flexibility index (Phi) is 8.48. The van der Waals surface area contributed by atoms with Crippen molar-refractivity contribution in [3.63, 3.8) is 0 Å². The van der Waals surface area contributed by atoms with Crippen molar-refractivity contribution in [2.45, 2.75) is 31.1 Å². The van der Waals surface area contributed by atoms with Crippen LogP contribution in [0.5, 0.6) is 11.5 Å². The van der Waals surface area contributed by atoms with E-state index >= 15 is 0 Å². The second-order valence-electron chi connectivity index (χ2n) is 9.35. The number of aryl methyl sites for hydroxylation is 1. The van der Waals surface area contributed by atoms with Gasteiger partial charge in [0.1, 0.15) is 11.5 Å². The predicted octanol–water partition coefficient (Wildman–Crippen LogP) is 2.73. The van der Waals surface area contributed by atoms with Crippen molar-refractivity contribution in [1.29, 1.82) is 5.26 Å². The van der Waals surface area contributed by atoms with Gasteiger partial charge in [0.15, 0.2) is 0 Å². The van der Waals surface area contributed by atoms with Gasteiger partial charge in [-0.1, -0.05) is 6.07 Å². The molecule has 0 saturated heterocycles. The molecule has 1 saturated carbocycles. The number of hydrogen-bond donors (Lipinski definition) is 2. The molecule has 0 radical (unpaired) electrons. The van der Waals surface area contributed by atoms with Crippen molar-refractivity contribution in [2.75, 3.05) is 45.9 Å². The van der Waals surface area contributed by atoms with E-state index in [9.17, 15) is 19.6 Å². The lowest BCUT2D eigenvalue weighted by Gasteiger charge is -2.28. The van der Waals surface area contributed by atoms with Crippen LogP contribution in [0.3, 0.4) is 0 Å². The maximum atomic E-state index is 13.5. The summed E-state index contributed by atoms with van der Waals surface area (Å²) in [5, 5.41) is 15.2. The molecule has 2 aromatic rings. The minimum Gasteiger partial charge on any atom is -0.496 e. The molecule has 1 fully saturated rings. The van der Waals surface area contributed by atoms with Gasteiger partial charge < -0.3 is 29.6 Å². The molecule has 2 atom stereocenters. The van der Waals surface area contributed by atoms with Crippen molar-refractivity contribution < 1.29 is 33.3 Å². The summed E-state index contributed by atoms with van der Waals surface area (Å²) in [6.45, 7) is 1.86. The zero-order valence-electron chi connectivity index (χ0n) is 21.5. The third-order valence-electron chi connectivity index (χ3n) is 7.15. The van der Waals surface area contributed by atoms with Crippen LogP contribution in [0, 0.1) is 17.2 Å². The molecule has 38 heavy (non-hydrogen) atoms. The van der Waals surface area contributed by atoms with E-state index in [2.05, 4.69) is 16.7 Å². The lowest BCUT2D eigenvalue weighted by Crippen LogP contribution is -2.30. The van der Waals surface area contributed by atoms with Gasteiger partial charge in [-0.15, -0.1) is 0 Å². The maximum absolute atomic E-state index is 13.5. The zero-order chi connectivity index (χ0) is 27.1. The first-order valence-electron chi connectivity index (χ1n) is 12.5. The summed E-state index contributed by atoms with van der Waals surface area (Å²) < 4.78 is 21.1. The number of anilines is 1. The highest BCUT2D eigenvalue weighted by Crippen LogP contribution is 2.61. The van der Waals surface area contributed by atoms with Gasteiger partial charge in [0, 0.05) is 42.3 Å². The highest BCUT2D eigenvalue weighted by molar-refractivity contribution is 5.99. The molecule has 10 heteroatoms. The van der Waals surface area contributed by atoms with Crippen molar-refractivity contribution in [3.8, 4) is 17.6 Å². The molecule has 1 aliphatic heterocycles. The summed E-state index contributed by atoms with van der Waals surface area (Å²) in [4.78, 5) is 36.8. The molecule has 2 amide bonds. The van der Waals surface area contributed by atoms with Crippen LogP contribution in [0.25, 0.3) is 0 Å². The molecule has 1 heterocycles. The average molecular weight is 522 g/mol. The smallest absolute Gasteiger partial charge is 0.293 e. The van der Waals surface area contributed by atoms with E-state index in [1.54, 1.807) is 31.4 Å². The van der Waals surface area contributed by atoms with Crippen LogP contribution >= 0.6 is 0 Å². The average Bonchev–Trinajstić information content (AvgIpc) is 3.65. The molecule has 0 aromatic heterocycles. The van der Waals surface area contributed by atoms with Gasteiger partial charge in [-0.2, -0.15) is 5.26 Å². The number of nitrogens with one attached hydrogen (secondary N) is 2. The van der Waals surface area contributed by atoms with E-state index in [1.165, 1.54) is 7.11 Å². The Morgan fingerprint density at radius 1 is 1.24 bits per heavy atom. The third kappa shape index (κ3) is 5.58. The molecule has 2 unspecified atom stereocenters. The van der Waals surface area contributed by atoms with E-state index in [1.807, 2.05) is 6.07 Å². The van der Waals surface area contributed by atoms with Gasteiger partial charge in [-0.05, 0) is 49.4 Å². The fourth-order valence-corrected chi connectivity index (χ4v) is 5.07. The normalized spacial score (nSPS) is 18.9. The maximum Gasteiger partial charge on any atom is 0.293 e. The lowest BCUT2D eigenvalue weighted by atomic mass is 9.85. The van der Waals surface area contributed by atoms with Gasteiger partial charge in [-0.25, -0.2) is 0 Å². The Labute approximate surface area is 221 Å². The van der Waals surface area contributed by atoms with E-state index in [0.717, 1.165) is 11.1 Å². The molecule has 2 aromatic carbocycles. The van der Waals surface area contributed by atoms with Crippen molar-refractivity contribution >= 4 is 24.0 Å². The van der Waals surface area contributed by atoms with Crippen molar-refractivity contribution in [1.82, 2.24) is 5.32 Å². The fraction of sp³-hybridized carbons (Fsp3) is 0.429. The Morgan fingerprint density at radius 3 is 2.82 bits per heavy atom. The largest absolute Gasteiger partial charge is 0.496 e. The predicted molar refractivity (Wildman–Crippen MR) is 137 cm³/mol. The fourth-order valence-electron chi connectivity index (χ4n) is 5.07. The third-order valence-corrected chi connectivity index (χ3v) is 7.15. The quantitative estimate of drug-likeness (QED) is 0.321. The van der Waals surface area contributed by atoms with Crippen LogP contribution in [0.15, 0.2) is 30.3 Å². The monoisotopic (exact) mass is 521 g/mol. The molecular formula is C28H31N3O7. The van der Waals surface area contributed by atoms with Crippen LogP contribution in [-0.2, 0) is 30.9 Å². The first kappa shape index (κ1) is 26.9. The summed E-state index contributed by atoms with van der Waals surface area (Å²) in [6, 6.07) is 10.8. The molecule has 1 spiro atoms. The number of carbonyl (C=O) groups excluding carboxylic acids is 3.